The Morgan fingerprint density at radius 3 is 2.48 bits per heavy atom. The van der Waals surface area contributed by atoms with Crippen molar-refractivity contribution in [3.8, 4) is 11.5 Å². The molecule has 2 saturated heterocycles. The second-order valence-corrected chi connectivity index (χ2v) is 21.4. The Bertz CT molecular complexity index is 2800. The summed E-state index contributed by atoms with van der Waals surface area (Å²) in [4.78, 5) is 53.9. The fraction of sp³-hybridized carbons (Fsp3) is 0.469. The van der Waals surface area contributed by atoms with E-state index in [4.69, 9.17) is 10.5 Å². The molecule has 6 N–H and O–H groups in total. The van der Waals surface area contributed by atoms with Crippen molar-refractivity contribution < 1.29 is 32.8 Å². The minimum atomic E-state index is -4.72. The summed E-state index contributed by atoms with van der Waals surface area (Å²) in [5.74, 6) is -1.00. The van der Waals surface area contributed by atoms with Crippen LogP contribution in [-0.2, 0) is 10.0 Å². The molecule has 2 aliphatic heterocycles. The van der Waals surface area contributed by atoms with Gasteiger partial charge in [-0.15, -0.1) is 0 Å². The van der Waals surface area contributed by atoms with Crippen molar-refractivity contribution in [2.75, 3.05) is 42.9 Å². The number of ether oxygens (including phenoxy) is 1. The largest absolute Gasteiger partial charge is 0.454 e. The lowest BCUT2D eigenvalue weighted by atomic mass is 9.70. The molecule has 4 aliphatic rings. The average molecular weight is 934 g/mol. The number of anilines is 2. The van der Waals surface area contributed by atoms with Crippen LogP contribution in [-0.4, -0.2) is 94.5 Å². The van der Waals surface area contributed by atoms with E-state index in [-0.39, 0.29) is 39.9 Å². The first kappa shape index (κ1) is 46.0. The highest BCUT2D eigenvalue weighted by Crippen LogP contribution is 2.49. The van der Waals surface area contributed by atoms with Crippen molar-refractivity contribution in [3.05, 3.63) is 106 Å². The molecule has 1 spiro atoms. The zero-order valence-electron chi connectivity index (χ0n) is 38.2. The molecule has 0 unspecified atom stereocenters. The summed E-state index contributed by atoms with van der Waals surface area (Å²) in [5.41, 5.74) is 8.34. The first-order chi connectivity index (χ1) is 32.0. The number of nitrogens with zero attached hydrogens (tertiary/aromatic N) is 5. The number of benzene rings is 2. The summed E-state index contributed by atoms with van der Waals surface area (Å²) >= 11 is 0. The van der Waals surface area contributed by atoms with E-state index in [0.717, 1.165) is 57.0 Å². The van der Waals surface area contributed by atoms with E-state index in [1.165, 1.54) is 36.5 Å². The lowest BCUT2D eigenvalue weighted by Gasteiger charge is -2.57. The van der Waals surface area contributed by atoms with Crippen molar-refractivity contribution in [2.24, 2.45) is 17.1 Å². The summed E-state index contributed by atoms with van der Waals surface area (Å²) < 4.78 is 35.9. The van der Waals surface area contributed by atoms with Gasteiger partial charge in [0.2, 0.25) is 5.82 Å². The fourth-order valence-electron chi connectivity index (χ4n) is 10.9. The Morgan fingerprint density at radius 2 is 1.76 bits per heavy atom. The van der Waals surface area contributed by atoms with Crippen molar-refractivity contribution in [1.82, 2.24) is 24.6 Å². The van der Waals surface area contributed by atoms with Gasteiger partial charge < -0.3 is 30.8 Å². The van der Waals surface area contributed by atoms with Crippen LogP contribution in [0.3, 0.4) is 0 Å². The average Bonchev–Trinajstić information content (AvgIpc) is 3.97. The molecule has 18 heteroatoms. The maximum Gasteiger partial charge on any atom is 0.312 e. The Hall–Kier alpha value is -6.11. The van der Waals surface area contributed by atoms with Crippen LogP contribution in [0.25, 0.3) is 11.0 Å². The molecule has 0 bridgehead atoms. The number of rotatable bonds is 14. The number of carbonyl (C=O) groups excluding carboxylic acids is 2. The van der Waals surface area contributed by atoms with Crippen LogP contribution in [0.4, 0.5) is 17.2 Å². The molecular formula is C49H59N9O8S. The standard InChI is InChI=1S/C49H59N9O8S/c1-30(2)35-7-4-5-8-36(35)37-9-6-10-39(37)57-28-49(29-57)18-21-56(22-19-49)33-11-12-38(41(24-33)66-42-23-32-15-20-51-45(32)54-43(42)44(50)59)47(60)55-67(64,65)34-25-40(58(62)63)46(53-27-34)52-26-31-13-16-48(3,61)17-14-31/h4-5,7-8,11-12,15,20,23-25,27,30-31,37,39,61H,6,9-10,13-14,16-19,21-22,26,28-29H2,1-3H3,(H2,50,59)(H,51,54)(H,52,53)(H,55,60)/t31-,37-,39-,48-/m0/s1. The van der Waals surface area contributed by atoms with Crippen LogP contribution in [0, 0.1) is 21.4 Å². The molecule has 3 aromatic heterocycles. The number of nitrogens with one attached hydrogen (secondary N) is 3. The fourth-order valence-corrected chi connectivity index (χ4v) is 11.8. The number of nitro groups is 1. The second kappa shape index (κ2) is 18.2. The van der Waals surface area contributed by atoms with E-state index in [1.54, 1.807) is 37.4 Å². The summed E-state index contributed by atoms with van der Waals surface area (Å²) in [6.07, 6.45) is 10.8. The highest BCUT2D eigenvalue weighted by Gasteiger charge is 2.49. The molecule has 4 fully saturated rings. The quantitative estimate of drug-likeness (QED) is 0.0534. The number of pyridine rings is 2. The SMILES string of the molecule is CC(C)c1ccccc1[C@@H]1CCC[C@@H]1N1CC2(CCN(c3ccc(C(=O)NS(=O)(=O)c4cnc(NC[C@H]5CC[C@](C)(O)CC5)c([N+](=O)[O-])c4)c(Oc4cc5cc[nH]c5nc4C(N)=O)c3)CC2)C1. The highest BCUT2D eigenvalue weighted by atomic mass is 32.2. The number of nitrogens with two attached hydrogens (primary N) is 1. The smallest absolute Gasteiger partial charge is 0.312 e. The second-order valence-electron chi connectivity index (χ2n) is 19.7. The zero-order chi connectivity index (χ0) is 47.3. The molecule has 2 aromatic carbocycles. The van der Waals surface area contributed by atoms with Gasteiger partial charge in [0, 0.05) is 68.2 Å². The third kappa shape index (κ3) is 9.56. The van der Waals surface area contributed by atoms with Gasteiger partial charge in [-0.05, 0) is 117 Å². The first-order valence-electron chi connectivity index (χ1n) is 23.3. The van der Waals surface area contributed by atoms with Gasteiger partial charge in [0.25, 0.3) is 21.8 Å². The molecule has 2 saturated carbocycles. The molecule has 17 nitrogen and oxygen atoms in total. The predicted octanol–water partition coefficient (Wildman–Crippen LogP) is 7.59. The van der Waals surface area contributed by atoms with Gasteiger partial charge in [-0.25, -0.2) is 23.1 Å². The topological polar surface area (TPSA) is 239 Å². The first-order valence-corrected chi connectivity index (χ1v) is 24.8. The number of aromatic amines is 1. The summed E-state index contributed by atoms with van der Waals surface area (Å²) in [7, 11) is -4.72. The lowest BCUT2D eigenvalue weighted by molar-refractivity contribution is -0.384. The number of hydrogen-bond acceptors (Lipinski definition) is 13. The number of carbonyl (C=O) groups is 2. The summed E-state index contributed by atoms with van der Waals surface area (Å²) in [6.45, 7) is 10.3. The third-order valence-electron chi connectivity index (χ3n) is 14.7. The van der Waals surface area contributed by atoms with E-state index in [1.807, 2.05) is 4.72 Å². The minimum absolute atomic E-state index is 0.0384. The van der Waals surface area contributed by atoms with Gasteiger partial charge in [-0.1, -0.05) is 44.5 Å². The maximum absolute atomic E-state index is 14.1. The summed E-state index contributed by atoms with van der Waals surface area (Å²) in [5, 5.41) is 26.1. The predicted molar refractivity (Wildman–Crippen MR) is 254 cm³/mol. The van der Waals surface area contributed by atoms with E-state index < -0.39 is 42.9 Å². The minimum Gasteiger partial charge on any atom is -0.454 e. The van der Waals surface area contributed by atoms with Gasteiger partial charge in [0.1, 0.15) is 16.3 Å². The van der Waals surface area contributed by atoms with Crippen LogP contribution in [0.5, 0.6) is 11.5 Å². The molecule has 354 valence electrons. The van der Waals surface area contributed by atoms with E-state index in [9.17, 15) is 33.2 Å². The van der Waals surface area contributed by atoms with Crippen LogP contribution >= 0.6 is 0 Å². The van der Waals surface area contributed by atoms with E-state index in [2.05, 4.69) is 68.2 Å². The maximum atomic E-state index is 14.1. The Kier molecular flexibility index (Phi) is 12.5. The van der Waals surface area contributed by atoms with Crippen molar-refractivity contribution in [2.45, 2.75) is 107 Å². The monoisotopic (exact) mass is 933 g/mol. The number of amides is 2. The number of aromatic nitrogens is 3. The number of fused-ring (bicyclic) bond motifs is 1. The van der Waals surface area contributed by atoms with Gasteiger partial charge >= 0.3 is 5.69 Å². The van der Waals surface area contributed by atoms with E-state index in [0.29, 0.717) is 61.1 Å². The number of piperidine rings is 1. The molecule has 5 heterocycles. The van der Waals surface area contributed by atoms with Crippen molar-refractivity contribution >= 4 is 50.1 Å². The molecular weight excluding hydrogens is 875 g/mol. The van der Waals surface area contributed by atoms with Crippen LogP contribution in [0.2, 0.25) is 0 Å². The normalized spacial score (nSPS) is 23.0. The van der Waals surface area contributed by atoms with Crippen LogP contribution in [0.1, 0.15) is 122 Å². The highest BCUT2D eigenvalue weighted by molar-refractivity contribution is 7.90. The van der Waals surface area contributed by atoms with Crippen LogP contribution in [0.15, 0.2) is 78.0 Å². The Balaban J connectivity index is 0.929. The number of aliphatic hydroxyl groups is 1. The van der Waals surface area contributed by atoms with Gasteiger partial charge in [0.05, 0.1) is 22.3 Å². The number of H-pyrrole nitrogens is 1. The number of primary amides is 1. The molecule has 0 radical (unpaired) electrons. The number of sulfonamides is 1. The van der Waals surface area contributed by atoms with Gasteiger partial charge in [-0.2, -0.15) is 0 Å². The van der Waals surface area contributed by atoms with Gasteiger partial charge in [0.15, 0.2) is 11.4 Å². The Labute approximate surface area is 390 Å². The number of likely N-dealkylation sites (tertiary alicyclic amines) is 1. The molecule has 2 aliphatic carbocycles. The molecule has 5 aromatic rings. The molecule has 9 rings (SSSR count). The summed E-state index contributed by atoms with van der Waals surface area (Å²) in [6, 6.07) is 18.5. The molecule has 67 heavy (non-hydrogen) atoms. The third-order valence-corrected chi connectivity index (χ3v) is 16.0. The van der Waals surface area contributed by atoms with Gasteiger partial charge in [-0.3, -0.25) is 24.6 Å². The number of hydrogen-bond donors (Lipinski definition) is 5. The lowest BCUT2D eigenvalue weighted by Crippen LogP contribution is -2.63. The molecule has 2 amide bonds. The van der Waals surface area contributed by atoms with E-state index >= 15 is 0 Å². The zero-order valence-corrected chi connectivity index (χ0v) is 39.0. The van der Waals surface area contributed by atoms with Crippen molar-refractivity contribution in [3.63, 3.8) is 0 Å². The molecule has 2 atom stereocenters. The van der Waals surface area contributed by atoms with Crippen LogP contribution < -0.4 is 25.4 Å². The Morgan fingerprint density at radius 1 is 1.01 bits per heavy atom. The van der Waals surface area contributed by atoms with Crippen molar-refractivity contribution in [1.29, 1.82) is 0 Å².